The number of nitrogens with zero attached hydrogens (tertiary/aromatic N) is 2. The number of halogens is 2. The number of carbonyl (C=O) groups is 1. The van der Waals surface area contributed by atoms with Gasteiger partial charge in [-0.25, -0.2) is 14.2 Å². The van der Waals surface area contributed by atoms with Crippen molar-refractivity contribution in [2.24, 2.45) is 0 Å². The van der Waals surface area contributed by atoms with Crippen LogP contribution in [0.1, 0.15) is 16.2 Å². The van der Waals surface area contributed by atoms with Crippen LogP contribution in [0.25, 0.3) is 0 Å². The van der Waals surface area contributed by atoms with Gasteiger partial charge in [0.05, 0.1) is 0 Å². The number of aryl methyl sites for hydroxylation is 1. The Morgan fingerprint density at radius 3 is 2.74 bits per heavy atom. The third-order valence-electron chi connectivity index (χ3n) is 2.17. The van der Waals surface area contributed by atoms with Crippen molar-refractivity contribution in [3.05, 3.63) is 47.3 Å². The maximum atomic E-state index is 13.4. The van der Waals surface area contributed by atoms with Crippen LogP contribution in [0, 0.1) is 18.6 Å². The second-order valence-corrected chi connectivity index (χ2v) is 3.64. The zero-order valence-corrected chi connectivity index (χ0v) is 9.72. The molecule has 0 aliphatic carbocycles. The molecule has 98 valence electrons. The van der Waals surface area contributed by atoms with Gasteiger partial charge in [-0.2, -0.15) is 9.37 Å². The number of hydrogen-bond donors (Lipinski definition) is 1. The number of aromatic carboxylic acids is 1. The molecule has 5 nitrogen and oxygen atoms in total. The molecule has 2 aromatic rings. The van der Waals surface area contributed by atoms with Crippen molar-refractivity contribution in [1.82, 2.24) is 9.97 Å². The van der Waals surface area contributed by atoms with Crippen molar-refractivity contribution in [2.75, 3.05) is 0 Å². The van der Waals surface area contributed by atoms with Gasteiger partial charge in [0, 0.05) is 5.69 Å². The van der Waals surface area contributed by atoms with Crippen LogP contribution >= 0.6 is 0 Å². The SMILES string of the molecule is Cc1cc(C(=O)O)nc(Oc2cccc(F)c2F)n1. The monoisotopic (exact) mass is 266 g/mol. The molecular weight excluding hydrogens is 258 g/mol. The van der Waals surface area contributed by atoms with Crippen molar-refractivity contribution in [2.45, 2.75) is 6.92 Å². The van der Waals surface area contributed by atoms with E-state index in [1.807, 2.05) is 0 Å². The van der Waals surface area contributed by atoms with Gasteiger partial charge in [0.25, 0.3) is 0 Å². The maximum absolute atomic E-state index is 13.4. The predicted octanol–water partition coefficient (Wildman–Crippen LogP) is 2.55. The molecule has 2 rings (SSSR count). The first-order valence-corrected chi connectivity index (χ1v) is 5.18. The summed E-state index contributed by atoms with van der Waals surface area (Å²) in [6.07, 6.45) is 0. The lowest BCUT2D eigenvalue weighted by atomic mass is 10.3. The molecule has 0 saturated heterocycles. The van der Waals surface area contributed by atoms with E-state index in [1.54, 1.807) is 0 Å². The van der Waals surface area contributed by atoms with Gasteiger partial charge in [0.15, 0.2) is 17.3 Å². The minimum atomic E-state index is -1.27. The summed E-state index contributed by atoms with van der Waals surface area (Å²) in [5, 5.41) is 8.82. The Morgan fingerprint density at radius 1 is 1.32 bits per heavy atom. The third-order valence-corrected chi connectivity index (χ3v) is 2.17. The quantitative estimate of drug-likeness (QED) is 0.924. The first-order chi connectivity index (χ1) is 8.97. The first kappa shape index (κ1) is 12.9. The Balaban J connectivity index is 2.38. The van der Waals surface area contributed by atoms with Gasteiger partial charge in [0.2, 0.25) is 5.82 Å². The average Bonchev–Trinajstić information content (AvgIpc) is 2.34. The van der Waals surface area contributed by atoms with Gasteiger partial charge in [0.1, 0.15) is 0 Å². The Kier molecular flexibility index (Phi) is 3.37. The van der Waals surface area contributed by atoms with E-state index in [4.69, 9.17) is 9.84 Å². The second kappa shape index (κ2) is 4.97. The van der Waals surface area contributed by atoms with Gasteiger partial charge in [-0.15, -0.1) is 0 Å². The molecule has 0 fully saturated rings. The Labute approximate surface area is 106 Å². The molecule has 1 heterocycles. The van der Waals surface area contributed by atoms with Crippen molar-refractivity contribution in [3.63, 3.8) is 0 Å². The summed E-state index contributed by atoms with van der Waals surface area (Å²) in [4.78, 5) is 18.2. The molecule has 0 atom stereocenters. The average molecular weight is 266 g/mol. The largest absolute Gasteiger partial charge is 0.477 e. The van der Waals surface area contributed by atoms with Crippen LogP contribution in [0.3, 0.4) is 0 Å². The van der Waals surface area contributed by atoms with Gasteiger partial charge in [-0.1, -0.05) is 6.07 Å². The molecule has 0 unspecified atom stereocenters. The molecule has 0 bridgehead atoms. The summed E-state index contributed by atoms with van der Waals surface area (Å²) in [7, 11) is 0. The molecule has 0 aliphatic rings. The number of aromatic nitrogens is 2. The molecule has 1 N–H and O–H groups in total. The Bertz CT molecular complexity index is 647. The van der Waals surface area contributed by atoms with Crippen LogP contribution in [0.15, 0.2) is 24.3 Å². The highest BCUT2D eigenvalue weighted by molar-refractivity contribution is 5.85. The number of benzene rings is 1. The molecule has 19 heavy (non-hydrogen) atoms. The number of hydrogen-bond acceptors (Lipinski definition) is 4. The van der Waals surface area contributed by atoms with E-state index in [0.717, 1.165) is 6.07 Å². The molecule has 0 spiro atoms. The highest BCUT2D eigenvalue weighted by Crippen LogP contribution is 2.23. The lowest BCUT2D eigenvalue weighted by Crippen LogP contribution is -2.05. The summed E-state index contributed by atoms with van der Waals surface area (Å²) in [6, 6.07) is 4.24. The smallest absolute Gasteiger partial charge is 0.354 e. The number of ether oxygens (including phenoxy) is 1. The number of rotatable bonds is 3. The molecular formula is C12H8F2N2O3. The molecule has 0 saturated carbocycles. The third kappa shape index (κ3) is 2.82. The normalized spacial score (nSPS) is 10.3. The summed E-state index contributed by atoms with van der Waals surface area (Å²) < 4.78 is 31.3. The fourth-order valence-electron chi connectivity index (χ4n) is 1.36. The first-order valence-electron chi connectivity index (χ1n) is 5.18. The van der Waals surface area contributed by atoms with E-state index in [0.29, 0.717) is 5.69 Å². The Hall–Kier alpha value is -2.57. The van der Waals surface area contributed by atoms with Crippen LogP contribution in [0.2, 0.25) is 0 Å². The zero-order chi connectivity index (χ0) is 14.0. The van der Waals surface area contributed by atoms with Crippen LogP contribution < -0.4 is 4.74 Å². The van der Waals surface area contributed by atoms with Crippen molar-refractivity contribution >= 4 is 5.97 Å². The summed E-state index contributed by atoms with van der Waals surface area (Å²) >= 11 is 0. The lowest BCUT2D eigenvalue weighted by molar-refractivity contribution is 0.0689. The molecule has 0 amide bonds. The standard InChI is InChI=1S/C12H8F2N2O3/c1-6-5-8(11(17)18)16-12(15-6)19-9-4-2-3-7(13)10(9)14/h2-5H,1H3,(H,17,18). The van der Waals surface area contributed by atoms with Gasteiger partial charge < -0.3 is 9.84 Å². The Morgan fingerprint density at radius 2 is 2.05 bits per heavy atom. The van der Waals surface area contributed by atoms with Gasteiger partial charge in [-0.05, 0) is 25.1 Å². The number of carboxylic acids is 1. The maximum Gasteiger partial charge on any atom is 0.354 e. The molecule has 1 aromatic carbocycles. The van der Waals surface area contributed by atoms with E-state index in [-0.39, 0.29) is 11.7 Å². The fraction of sp³-hybridized carbons (Fsp3) is 0.0833. The van der Waals surface area contributed by atoms with Crippen LogP contribution in [-0.2, 0) is 0 Å². The van der Waals surface area contributed by atoms with Crippen LogP contribution in [0.4, 0.5) is 8.78 Å². The summed E-state index contributed by atoms with van der Waals surface area (Å²) in [5.41, 5.74) is 0.0403. The van der Waals surface area contributed by atoms with E-state index in [2.05, 4.69) is 9.97 Å². The van der Waals surface area contributed by atoms with Crippen molar-refractivity contribution < 1.29 is 23.4 Å². The molecule has 0 aliphatic heterocycles. The minimum absolute atomic E-state index is 0.292. The highest BCUT2D eigenvalue weighted by Gasteiger charge is 2.14. The number of carboxylic acid groups (broad SMARTS) is 1. The van der Waals surface area contributed by atoms with Gasteiger partial charge in [-0.3, -0.25) is 0 Å². The van der Waals surface area contributed by atoms with Crippen molar-refractivity contribution in [1.29, 1.82) is 0 Å². The predicted molar refractivity (Wildman–Crippen MR) is 60.2 cm³/mol. The van der Waals surface area contributed by atoms with Crippen molar-refractivity contribution in [3.8, 4) is 11.8 Å². The van der Waals surface area contributed by atoms with E-state index in [1.165, 1.54) is 25.1 Å². The topological polar surface area (TPSA) is 72.3 Å². The second-order valence-electron chi connectivity index (χ2n) is 3.64. The van der Waals surface area contributed by atoms with Gasteiger partial charge >= 0.3 is 12.0 Å². The fourth-order valence-corrected chi connectivity index (χ4v) is 1.36. The van der Waals surface area contributed by atoms with Crippen LogP contribution in [-0.4, -0.2) is 21.0 Å². The van der Waals surface area contributed by atoms with E-state index in [9.17, 15) is 13.6 Å². The molecule has 1 aromatic heterocycles. The van der Waals surface area contributed by atoms with Crippen LogP contribution in [0.5, 0.6) is 11.8 Å². The lowest BCUT2D eigenvalue weighted by Gasteiger charge is -2.06. The molecule has 0 radical (unpaired) electrons. The summed E-state index contributed by atoms with van der Waals surface area (Å²) in [5.74, 6) is -3.95. The minimum Gasteiger partial charge on any atom is -0.477 e. The van der Waals surface area contributed by atoms with E-state index >= 15 is 0 Å². The van der Waals surface area contributed by atoms with E-state index < -0.39 is 23.4 Å². The molecule has 7 heteroatoms. The summed E-state index contributed by atoms with van der Waals surface area (Å²) in [6.45, 7) is 1.53. The zero-order valence-electron chi connectivity index (χ0n) is 9.72. The highest BCUT2D eigenvalue weighted by atomic mass is 19.2.